The summed E-state index contributed by atoms with van der Waals surface area (Å²) in [6.45, 7) is 4.61. The summed E-state index contributed by atoms with van der Waals surface area (Å²) >= 11 is 0. The van der Waals surface area contributed by atoms with Crippen molar-refractivity contribution < 1.29 is 18.3 Å². The molecular weight excluding hydrogens is 430 g/mol. The van der Waals surface area contributed by atoms with Crippen LogP contribution in [0.3, 0.4) is 0 Å². The normalized spacial score (nSPS) is 23.4. The molecule has 0 radical (unpaired) electrons. The second-order valence-corrected chi connectivity index (χ2v) is 11.2. The fourth-order valence-corrected chi connectivity index (χ4v) is 6.89. The van der Waals surface area contributed by atoms with Crippen molar-refractivity contribution in [3.63, 3.8) is 0 Å². The quantitative estimate of drug-likeness (QED) is 0.644. The number of fused-ring (bicyclic) bond motifs is 3. The molecule has 1 aromatic carbocycles. The molecule has 3 atom stereocenters. The highest BCUT2D eigenvalue weighted by Crippen LogP contribution is 2.39. The lowest BCUT2D eigenvalue weighted by atomic mass is 9.95. The Balaban J connectivity index is 1.67. The van der Waals surface area contributed by atoms with Crippen LogP contribution in [0.15, 0.2) is 30.6 Å². The van der Waals surface area contributed by atoms with Crippen LogP contribution in [-0.2, 0) is 22.8 Å². The van der Waals surface area contributed by atoms with E-state index in [1.54, 1.807) is 6.20 Å². The molecule has 1 fully saturated rings. The van der Waals surface area contributed by atoms with E-state index in [4.69, 9.17) is 4.98 Å². The van der Waals surface area contributed by atoms with Crippen LogP contribution >= 0.6 is 0 Å². The first kappa shape index (κ1) is 21.0. The average Bonchev–Trinajstić information content (AvgIpc) is 3.45. The molecule has 0 unspecified atom stereocenters. The number of carboxylic acid groups (broad SMARTS) is 1. The Morgan fingerprint density at radius 2 is 2.12 bits per heavy atom. The third-order valence-corrected chi connectivity index (χ3v) is 8.47. The number of nitrogens with zero attached hydrogens (tertiary/aromatic N) is 5. The summed E-state index contributed by atoms with van der Waals surface area (Å²) in [4.78, 5) is 18.4. The van der Waals surface area contributed by atoms with E-state index in [1.807, 2.05) is 36.0 Å². The second kappa shape index (κ2) is 7.61. The van der Waals surface area contributed by atoms with Crippen LogP contribution in [0.1, 0.15) is 50.0 Å². The molecule has 10 heteroatoms. The van der Waals surface area contributed by atoms with Gasteiger partial charge in [0.2, 0.25) is 0 Å². The SMILES string of the molecule is C[C@H](Cn1cccn1)c1nc2c3c(ccc2n1[C@@H]1CCS(=O)(=O)C1)N(C(=O)O)[C@@H](C)CC3. The summed E-state index contributed by atoms with van der Waals surface area (Å²) < 4.78 is 28.5. The van der Waals surface area contributed by atoms with Gasteiger partial charge in [0.1, 0.15) is 5.82 Å². The van der Waals surface area contributed by atoms with Crippen molar-refractivity contribution in [2.24, 2.45) is 0 Å². The van der Waals surface area contributed by atoms with Crippen molar-refractivity contribution in [2.75, 3.05) is 16.4 Å². The zero-order chi connectivity index (χ0) is 22.6. The van der Waals surface area contributed by atoms with Crippen molar-refractivity contribution in [1.82, 2.24) is 19.3 Å². The van der Waals surface area contributed by atoms with Gasteiger partial charge in [-0.3, -0.25) is 9.58 Å². The predicted octanol–water partition coefficient (Wildman–Crippen LogP) is 3.22. The molecule has 2 aliphatic heterocycles. The lowest BCUT2D eigenvalue weighted by molar-refractivity contribution is 0.198. The molecule has 3 aromatic rings. The van der Waals surface area contributed by atoms with Crippen LogP contribution in [0.25, 0.3) is 11.0 Å². The molecule has 1 saturated heterocycles. The van der Waals surface area contributed by atoms with Crippen molar-refractivity contribution in [1.29, 1.82) is 0 Å². The molecule has 170 valence electrons. The summed E-state index contributed by atoms with van der Waals surface area (Å²) in [6.07, 6.45) is 4.69. The summed E-state index contributed by atoms with van der Waals surface area (Å²) in [5.74, 6) is 1.11. The number of imidazole rings is 1. The molecule has 0 spiro atoms. The minimum absolute atomic E-state index is 0.000606. The maximum atomic E-state index is 12.3. The minimum atomic E-state index is -3.08. The van der Waals surface area contributed by atoms with Gasteiger partial charge in [0, 0.05) is 29.9 Å². The van der Waals surface area contributed by atoms with Crippen LogP contribution in [0, 0.1) is 0 Å². The number of amides is 1. The van der Waals surface area contributed by atoms with E-state index in [-0.39, 0.29) is 29.5 Å². The lowest BCUT2D eigenvalue weighted by Gasteiger charge is -2.33. The van der Waals surface area contributed by atoms with E-state index in [0.29, 0.717) is 18.7 Å². The lowest BCUT2D eigenvalue weighted by Crippen LogP contribution is -2.41. The largest absolute Gasteiger partial charge is 0.465 e. The molecule has 2 aromatic heterocycles. The van der Waals surface area contributed by atoms with Gasteiger partial charge in [0.25, 0.3) is 0 Å². The zero-order valence-electron chi connectivity index (χ0n) is 18.2. The molecule has 0 bridgehead atoms. The van der Waals surface area contributed by atoms with E-state index >= 15 is 0 Å². The first-order chi connectivity index (χ1) is 15.2. The fraction of sp³-hybridized carbons (Fsp3) is 0.500. The summed E-state index contributed by atoms with van der Waals surface area (Å²) in [5.41, 5.74) is 3.27. The molecule has 0 saturated carbocycles. The maximum absolute atomic E-state index is 12.3. The fourth-order valence-electron chi connectivity index (χ4n) is 5.19. The Hall–Kier alpha value is -2.88. The van der Waals surface area contributed by atoms with Gasteiger partial charge >= 0.3 is 6.09 Å². The zero-order valence-corrected chi connectivity index (χ0v) is 19.0. The van der Waals surface area contributed by atoms with E-state index in [2.05, 4.69) is 16.6 Å². The van der Waals surface area contributed by atoms with Gasteiger partial charge in [0.15, 0.2) is 9.84 Å². The Morgan fingerprint density at radius 3 is 2.78 bits per heavy atom. The predicted molar refractivity (Wildman–Crippen MR) is 121 cm³/mol. The molecule has 1 N–H and O–H groups in total. The summed E-state index contributed by atoms with van der Waals surface area (Å²) in [7, 11) is -3.08. The highest BCUT2D eigenvalue weighted by atomic mass is 32.2. The Bertz CT molecular complexity index is 1280. The maximum Gasteiger partial charge on any atom is 0.412 e. The molecule has 32 heavy (non-hydrogen) atoms. The number of hydrogen-bond acceptors (Lipinski definition) is 5. The van der Waals surface area contributed by atoms with Crippen LogP contribution in [-0.4, -0.2) is 56.5 Å². The molecule has 9 nitrogen and oxygen atoms in total. The molecule has 2 aliphatic rings. The Labute approximate surface area is 186 Å². The van der Waals surface area contributed by atoms with Crippen LogP contribution in [0.5, 0.6) is 0 Å². The van der Waals surface area contributed by atoms with Gasteiger partial charge in [0.05, 0.1) is 40.8 Å². The van der Waals surface area contributed by atoms with Crippen molar-refractivity contribution >= 4 is 32.7 Å². The van der Waals surface area contributed by atoms with Crippen LogP contribution in [0.2, 0.25) is 0 Å². The van der Waals surface area contributed by atoms with Crippen molar-refractivity contribution in [2.45, 2.75) is 57.7 Å². The number of aryl methyl sites for hydroxylation is 1. The standard InChI is InChI=1S/C22H27N5O4S/c1-14(12-25-10-3-9-23-25)21-24-20-17-5-4-15(2)26(22(28)29)18(17)6-7-19(20)27(21)16-8-11-32(30,31)13-16/h3,6-7,9-10,14-16H,4-5,8,11-13H2,1-2H3,(H,28,29)/t14-,15+,16-/m1/s1. The van der Waals surface area contributed by atoms with E-state index in [0.717, 1.165) is 35.3 Å². The Kier molecular flexibility index (Phi) is 4.99. The smallest absolute Gasteiger partial charge is 0.412 e. The van der Waals surface area contributed by atoms with Crippen molar-refractivity contribution in [3.8, 4) is 0 Å². The van der Waals surface area contributed by atoms with E-state index in [9.17, 15) is 18.3 Å². The Morgan fingerprint density at radius 1 is 1.31 bits per heavy atom. The molecule has 4 heterocycles. The number of carbonyl (C=O) groups is 1. The second-order valence-electron chi connectivity index (χ2n) is 9.00. The summed E-state index contributed by atoms with van der Waals surface area (Å²) in [5, 5.41) is 14.1. The monoisotopic (exact) mass is 457 g/mol. The van der Waals surface area contributed by atoms with Crippen LogP contribution < -0.4 is 4.90 Å². The van der Waals surface area contributed by atoms with Gasteiger partial charge in [-0.1, -0.05) is 6.92 Å². The number of benzene rings is 1. The number of hydrogen-bond donors (Lipinski definition) is 1. The molecule has 0 aliphatic carbocycles. The first-order valence-corrected chi connectivity index (χ1v) is 12.8. The third-order valence-electron chi connectivity index (χ3n) is 6.72. The highest BCUT2D eigenvalue weighted by Gasteiger charge is 2.35. The topological polar surface area (TPSA) is 110 Å². The van der Waals surface area contributed by atoms with Crippen molar-refractivity contribution in [3.05, 3.63) is 42.0 Å². The highest BCUT2D eigenvalue weighted by molar-refractivity contribution is 7.91. The average molecular weight is 458 g/mol. The first-order valence-electron chi connectivity index (χ1n) is 11.0. The van der Waals surface area contributed by atoms with Gasteiger partial charge in [-0.15, -0.1) is 0 Å². The van der Waals surface area contributed by atoms with E-state index < -0.39 is 15.9 Å². The molecule has 1 amide bonds. The van der Waals surface area contributed by atoms with Crippen LogP contribution in [0.4, 0.5) is 10.5 Å². The number of sulfone groups is 1. The molecule has 5 rings (SSSR count). The van der Waals surface area contributed by atoms with E-state index in [1.165, 1.54) is 4.90 Å². The minimum Gasteiger partial charge on any atom is -0.465 e. The third kappa shape index (κ3) is 3.46. The van der Waals surface area contributed by atoms with Gasteiger partial charge in [-0.25, -0.2) is 18.2 Å². The molecular formula is C22H27N5O4S. The number of rotatable bonds is 4. The van der Waals surface area contributed by atoms with Gasteiger partial charge < -0.3 is 9.67 Å². The van der Waals surface area contributed by atoms with Gasteiger partial charge in [-0.2, -0.15) is 5.10 Å². The number of anilines is 1. The van der Waals surface area contributed by atoms with Gasteiger partial charge in [-0.05, 0) is 44.4 Å². The number of aromatic nitrogens is 4. The summed E-state index contributed by atoms with van der Waals surface area (Å²) in [6, 6.07) is 5.36.